The van der Waals surface area contributed by atoms with Crippen molar-refractivity contribution in [2.45, 2.75) is 11.0 Å². The third kappa shape index (κ3) is 3.19. The van der Waals surface area contributed by atoms with Crippen LogP contribution in [0.4, 0.5) is 0 Å². The Kier molecular flexibility index (Phi) is 4.65. The van der Waals surface area contributed by atoms with E-state index in [1.165, 1.54) is 22.7 Å². The van der Waals surface area contributed by atoms with Crippen LogP contribution in [0.3, 0.4) is 0 Å². The molecule has 2 aromatic heterocycles. The molecule has 0 aliphatic heterocycles. The lowest BCUT2D eigenvalue weighted by Crippen LogP contribution is -2.23. The second-order valence-electron chi connectivity index (χ2n) is 6.70. The molecule has 30 heavy (non-hydrogen) atoms. The van der Waals surface area contributed by atoms with Gasteiger partial charge in [-0.1, -0.05) is 54.2 Å². The Morgan fingerprint density at radius 1 is 0.733 bits per heavy atom. The molecule has 2 heterocycles. The van der Waals surface area contributed by atoms with Crippen molar-refractivity contribution in [3.63, 3.8) is 0 Å². The third-order valence-electron chi connectivity index (χ3n) is 4.82. The van der Waals surface area contributed by atoms with Crippen LogP contribution in [-0.4, -0.2) is 19.1 Å². The van der Waals surface area contributed by atoms with E-state index >= 15 is 0 Å². The molecule has 0 saturated carbocycles. The molecule has 146 valence electrons. The van der Waals surface area contributed by atoms with Crippen molar-refractivity contribution in [2.75, 3.05) is 0 Å². The molecule has 0 amide bonds. The molecule has 0 spiro atoms. The zero-order valence-corrected chi connectivity index (χ0v) is 16.6. The minimum atomic E-state index is -0.140. The van der Waals surface area contributed by atoms with Crippen LogP contribution in [0.25, 0.3) is 27.5 Å². The normalized spacial score (nSPS) is 11.2. The van der Waals surface area contributed by atoms with Crippen LogP contribution in [0.5, 0.6) is 0 Å². The first kappa shape index (κ1) is 18.3. The van der Waals surface area contributed by atoms with Crippen molar-refractivity contribution in [1.82, 2.24) is 19.1 Å². The maximum absolute atomic E-state index is 13.2. The quantitative estimate of drug-likeness (QED) is 0.331. The summed E-state index contributed by atoms with van der Waals surface area (Å²) in [6, 6.07) is 23.9. The average Bonchev–Trinajstić information content (AvgIpc) is 2.79. The maximum Gasteiger partial charge on any atom is 0.266 e. The summed E-state index contributed by atoms with van der Waals surface area (Å²) < 4.78 is 3.12. The molecule has 5 aromatic rings. The summed E-state index contributed by atoms with van der Waals surface area (Å²) in [5.74, 6) is 0.286. The first-order chi connectivity index (χ1) is 14.7. The predicted molar refractivity (Wildman–Crippen MR) is 119 cm³/mol. The number of aromatic nitrogens is 4. The fourth-order valence-corrected chi connectivity index (χ4v) is 4.26. The zero-order valence-electron chi connectivity index (χ0n) is 15.8. The van der Waals surface area contributed by atoms with Gasteiger partial charge >= 0.3 is 0 Å². The maximum atomic E-state index is 13.2. The molecule has 0 atom stereocenters. The summed E-state index contributed by atoms with van der Waals surface area (Å²) >= 11 is 1.32. The molecule has 0 unspecified atom stereocenters. The van der Waals surface area contributed by atoms with Crippen molar-refractivity contribution < 1.29 is 0 Å². The average molecular weight is 412 g/mol. The molecule has 5 rings (SSSR count). The fraction of sp³-hybridized carbons (Fsp3) is 0.0435. The molecular weight excluding hydrogens is 396 g/mol. The van der Waals surface area contributed by atoms with Gasteiger partial charge in [0.05, 0.1) is 39.7 Å². The minimum Gasteiger partial charge on any atom is -0.288 e. The molecule has 6 nitrogen and oxygen atoms in total. The number of hydrogen-bond donors (Lipinski definition) is 0. The van der Waals surface area contributed by atoms with Gasteiger partial charge in [0.1, 0.15) is 0 Å². The Morgan fingerprint density at radius 3 is 2.13 bits per heavy atom. The molecule has 3 aromatic carbocycles. The topological polar surface area (TPSA) is 69.8 Å². The first-order valence-corrected chi connectivity index (χ1v) is 10.3. The monoisotopic (exact) mass is 412 g/mol. The predicted octanol–water partition coefficient (Wildman–Crippen LogP) is 3.85. The van der Waals surface area contributed by atoms with E-state index in [0.717, 1.165) is 5.69 Å². The van der Waals surface area contributed by atoms with Gasteiger partial charge in [-0.25, -0.2) is 9.97 Å². The van der Waals surface area contributed by atoms with Gasteiger partial charge in [-0.05, 0) is 36.4 Å². The van der Waals surface area contributed by atoms with Crippen LogP contribution in [0, 0.1) is 0 Å². The number of fused-ring (bicyclic) bond motifs is 2. The van der Waals surface area contributed by atoms with Crippen LogP contribution in [0.1, 0.15) is 0 Å². The Labute approximate surface area is 175 Å². The number of hydrogen-bond acceptors (Lipinski definition) is 5. The van der Waals surface area contributed by atoms with Crippen molar-refractivity contribution in [1.29, 1.82) is 0 Å². The van der Waals surface area contributed by atoms with Crippen LogP contribution >= 0.6 is 11.8 Å². The largest absolute Gasteiger partial charge is 0.288 e. The lowest BCUT2D eigenvalue weighted by molar-refractivity contribution is 0.791. The molecule has 0 bridgehead atoms. The molecule has 0 aliphatic rings. The number of rotatable bonds is 4. The summed E-state index contributed by atoms with van der Waals surface area (Å²) in [7, 11) is 0. The third-order valence-corrected chi connectivity index (χ3v) is 5.76. The Bertz CT molecular complexity index is 1490. The highest BCUT2D eigenvalue weighted by Crippen LogP contribution is 2.22. The van der Waals surface area contributed by atoms with Gasteiger partial charge in [-0.3, -0.25) is 18.7 Å². The smallest absolute Gasteiger partial charge is 0.266 e. The molecule has 0 saturated heterocycles. The minimum absolute atomic E-state index is 0.123. The highest BCUT2D eigenvalue weighted by Gasteiger charge is 2.14. The van der Waals surface area contributed by atoms with Gasteiger partial charge in [0.25, 0.3) is 11.1 Å². The number of nitrogens with zero attached hydrogens (tertiary/aromatic N) is 4. The number of thioether (sulfide) groups is 1. The van der Waals surface area contributed by atoms with Gasteiger partial charge < -0.3 is 0 Å². The summed E-state index contributed by atoms with van der Waals surface area (Å²) in [6.07, 6.45) is 1.53. The Balaban J connectivity index is 1.62. The SMILES string of the molecule is O=c1c2ccccc2ncn1CSc1nc2ccccc2c(=O)n1-c1ccccc1. The summed E-state index contributed by atoms with van der Waals surface area (Å²) in [4.78, 5) is 35.1. The van der Waals surface area contributed by atoms with E-state index in [9.17, 15) is 9.59 Å². The van der Waals surface area contributed by atoms with Gasteiger partial charge in [0.15, 0.2) is 5.16 Å². The van der Waals surface area contributed by atoms with Crippen LogP contribution in [0.15, 0.2) is 99.9 Å². The van der Waals surface area contributed by atoms with Crippen molar-refractivity contribution in [3.8, 4) is 5.69 Å². The van der Waals surface area contributed by atoms with Crippen molar-refractivity contribution in [3.05, 3.63) is 106 Å². The Morgan fingerprint density at radius 2 is 1.37 bits per heavy atom. The molecule has 0 N–H and O–H groups in total. The van der Waals surface area contributed by atoms with Crippen molar-refractivity contribution in [2.24, 2.45) is 0 Å². The van der Waals surface area contributed by atoms with Crippen LogP contribution < -0.4 is 11.1 Å². The zero-order chi connectivity index (χ0) is 20.5. The van der Waals surface area contributed by atoms with Crippen LogP contribution in [0.2, 0.25) is 0 Å². The van der Waals surface area contributed by atoms with E-state index in [1.807, 2.05) is 66.7 Å². The lowest BCUT2D eigenvalue weighted by atomic mass is 10.2. The van der Waals surface area contributed by atoms with E-state index in [4.69, 9.17) is 4.98 Å². The van der Waals surface area contributed by atoms with Crippen LogP contribution in [-0.2, 0) is 5.88 Å². The first-order valence-electron chi connectivity index (χ1n) is 9.36. The molecular formula is C23H16N4O2S. The molecule has 0 radical (unpaired) electrons. The number of benzene rings is 3. The van der Waals surface area contributed by atoms with Gasteiger partial charge in [-0.2, -0.15) is 0 Å². The van der Waals surface area contributed by atoms with Gasteiger partial charge in [0, 0.05) is 0 Å². The standard InChI is InChI=1S/C23H16N4O2S/c28-21-17-10-4-6-12-19(17)24-14-26(21)15-30-23-25-20-13-7-5-11-18(20)22(29)27(23)16-8-2-1-3-9-16/h1-14H,15H2. The molecule has 0 fully saturated rings. The second-order valence-corrected chi connectivity index (χ2v) is 7.61. The molecule has 0 aliphatic carbocycles. The molecule has 7 heteroatoms. The van der Waals surface area contributed by atoms with Gasteiger partial charge in [0.2, 0.25) is 0 Å². The lowest BCUT2D eigenvalue weighted by Gasteiger charge is -2.13. The van der Waals surface area contributed by atoms with E-state index < -0.39 is 0 Å². The highest BCUT2D eigenvalue weighted by molar-refractivity contribution is 7.98. The Hall–Kier alpha value is -3.71. The summed E-state index contributed by atoms with van der Waals surface area (Å²) in [6.45, 7) is 0. The fourth-order valence-electron chi connectivity index (χ4n) is 3.34. The summed E-state index contributed by atoms with van der Waals surface area (Å²) in [5, 5.41) is 1.63. The second kappa shape index (κ2) is 7.61. The van der Waals surface area contributed by atoms with E-state index in [-0.39, 0.29) is 17.0 Å². The van der Waals surface area contributed by atoms with E-state index in [0.29, 0.717) is 27.0 Å². The highest BCUT2D eigenvalue weighted by atomic mass is 32.2. The summed E-state index contributed by atoms with van der Waals surface area (Å²) in [5.41, 5.74) is 1.75. The van der Waals surface area contributed by atoms with Gasteiger partial charge in [-0.15, -0.1) is 0 Å². The van der Waals surface area contributed by atoms with E-state index in [2.05, 4.69) is 4.98 Å². The number of para-hydroxylation sites is 3. The van der Waals surface area contributed by atoms with E-state index in [1.54, 1.807) is 16.7 Å². The van der Waals surface area contributed by atoms with Crippen molar-refractivity contribution >= 4 is 33.6 Å².